The van der Waals surface area contributed by atoms with Gasteiger partial charge >= 0.3 is 12.1 Å². The summed E-state index contributed by atoms with van der Waals surface area (Å²) in [5, 5.41) is 0. The number of benzene rings is 1. The summed E-state index contributed by atoms with van der Waals surface area (Å²) in [6.45, 7) is 1.38. The average molecular weight is 311 g/mol. The third-order valence-corrected chi connectivity index (χ3v) is 2.58. The van der Waals surface area contributed by atoms with Gasteiger partial charge in [0.25, 0.3) is 0 Å². The number of carbonyl (C=O) groups is 1. The number of hydrogen-bond acceptors (Lipinski definition) is 2. The van der Waals surface area contributed by atoms with Gasteiger partial charge in [-0.3, -0.25) is 4.79 Å². The van der Waals surface area contributed by atoms with Crippen LogP contribution in [-0.2, 0) is 9.53 Å². The molecule has 0 aliphatic heterocycles. The van der Waals surface area contributed by atoms with E-state index in [4.69, 9.17) is 0 Å². The Morgan fingerprint density at radius 3 is 2.29 bits per heavy atom. The average Bonchev–Trinajstić information content (AvgIpc) is 2.19. The zero-order valence-corrected chi connectivity index (χ0v) is 10.5. The van der Waals surface area contributed by atoms with Crippen LogP contribution in [0, 0.1) is 0 Å². The zero-order valence-electron chi connectivity index (χ0n) is 8.92. The van der Waals surface area contributed by atoms with Gasteiger partial charge in [0, 0.05) is 4.47 Å². The van der Waals surface area contributed by atoms with E-state index in [1.165, 1.54) is 31.2 Å². The van der Waals surface area contributed by atoms with Gasteiger partial charge in [-0.2, -0.15) is 13.2 Å². The predicted molar refractivity (Wildman–Crippen MR) is 59.6 cm³/mol. The highest BCUT2D eigenvalue weighted by molar-refractivity contribution is 9.10. The molecule has 1 aromatic carbocycles. The minimum Gasteiger partial charge on any atom is -0.465 e. The van der Waals surface area contributed by atoms with Crippen molar-refractivity contribution in [2.45, 2.75) is 19.0 Å². The Morgan fingerprint density at radius 1 is 1.35 bits per heavy atom. The monoisotopic (exact) mass is 310 g/mol. The van der Waals surface area contributed by atoms with Gasteiger partial charge in [-0.15, -0.1) is 0 Å². The number of hydrogen-bond donors (Lipinski definition) is 0. The fraction of sp³-hybridized carbons (Fsp3) is 0.364. The molecule has 0 N–H and O–H groups in total. The van der Waals surface area contributed by atoms with E-state index in [-0.39, 0.29) is 12.2 Å². The summed E-state index contributed by atoms with van der Waals surface area (Å²) in [5.74, 6) is -3.50. The molecule has 0 aromatic heterocycles. The van der Waals surface area contributed by atoms with Crippen molar-refractivity contribution in [3.05, 3.63) is 34.3 Å². The first-order valence-electron chi connectivity index (χ1n) is 4.85. The maximum atomic E-state index is 12.8. The molecule has 94 valence electrons. The molecule has 0 aliphatic rings. The number of ether oxygens (including phenoxy) is 1. The van der Waals surface area contributed by atoms with Crippen LogP contribution in [0.4, 0.5) is 13.2 Å². The normalized spacial score (nSPS) is 13.2. The molecule has 0 bridgehead atoms. The van der Waals surface area contributed by atoms with Gasteiger partial charge in [-0.1, -0.05) is 28.1 Å². The quantitative estimate of drug-likeness (QED) is 0.796. The molecule has 0 amide bonds. The van der Waals surface area contributed by atoms with Crippen LogP contribution >= 0.6 is 15.9 Å². The second-order valence-corrected chi connectivity index (χ2v) is 4.19. The molecule has 0 spiro atoms. The van der Waals surface area contributed by atoms with Crippen molar-refractivity contribution in [1.82, 2.24) is 0 Å². The van der Waals surface area contributed by atoms with Crippen LogP contribution in [-0.4, -0.2) is 18.8 Å². The SMILES string of the molecule is CCOC(=O)C(c1ccc(Br)cc1)C(F)(F)F. The molecule has 0 saturated carbocycles. The Labute approximate surface area is 105 Å². The van der Waals surface area contributed by atoms with Crippen LogP contribution in [0.3, 0.4) is 0 Å². The molecule has 6 heteroatoms. The van der Waals surface area contributed by atoms with E-state index in [1.54, 1.807) is 0 Å². The maximum absolute atomic E-state index is 12.8. The smallest absolute Gasteiger partial charge is 0.406 e. The highest BCUT2D eigenvalue weighted by atomic mass is 79.9. The lowest BCUT2D eigenvalue weighted by molar-refractivity contribution is -0.180. The molecular weight excluding hydrogens is 301 g/mol. The van der Waals surface area contributed by atoms with Crippen molar-refractivity contribution in [2.24, 2.45) is 0 Å². The van der Waals surface area contributed by atoms with Crippen LogP contribution < -0.4 is 0 Å². The topological polar surface area (TPSA) is 26.3 Å². The van der Waals surface area contributed by atoms with E-state index in [2.05, 4.69) is 20.7 Å². The third kappa shape index (κ3) is 3.73. The van der Waals surface area contributed by atoms with Gasteiger partial charge < -0.3 is 4.74 Å². The zero-order chi connectivity index (χ0) is 13.1. The minimum absolute atomic E-state index is 0.0814. The van der Waals surface area contributed by atoms with E-state index in [9.17, 15) is 18.0 Å². The molecule has 2 nitrogen and oxygen atoms in total. The number of carbonyl (C=O) groups excluding carboxylic acids is 1. The van der Waals surface area contributed by atoms with Crippen LogP contribution in [0.25, 0.3) is 0 Å². The summed E-state index contributed by atoms with van der Waals surface area (Å²) >= 11 is 3.12. The first-order valence-corrected chi connectivity index (χ1v) is 5.64. The van der Waals surface area contributed by atoms with Crippen LogP contribution in [0.2, 0.25) is 0 Å². The molecule has 0 saturated heterocycles. The van der Waals surface area contributed by atoms with E-state index < -0.39 is 18.1 Å². The molecule has 1 unspecified atom stereocenters. The highest BCUT2D eigenvalue weighted by Gasteiger charge is 2.47. The van der Waals surface area contributed by atoms with Crippen molar-refractivity contribution in [2.75, 3.05) is 6.61 Å². The number of esters is 1. The molecule has 17 heavy (non-hydrogen) atoms. The van der Waals surface area contributed by atoms with Gasteiger partial charge in [-0.25, -0.2) is 0 Å². The second-order valence-electron chi connectivity index (χ2n) is 3.28. The minimum atomic E-state index is -4.65. The van der Waals surface area contributed by atoms with Gasteiger partial charge in [-0.05, 0) is 24.6 Å². The molecule has 1 aromatic rings. The van der Waals surface area contributed by atoms with Crippen LogP contribution in [0.1, 0.15) is 18.4 Å². The highest BCUT2D eigenvalue weighted by Crippen LogP contribution is 2.36. The van der Waals surface area contributed by atoms with Crippen LogP contribution in [0.15, 0.2) is 28.7 Å². The van der Waals surface area contributed by atoms with E-state index >= 15 is 0 Å². The Bertz CT molecular complexity index is 387. The van der Waals surface area contributed by atoms with Crippen molar-refractivity contribution in [3.63, 3.8) is 0 Å². The lowest BCUT2D eigenvalue weighted by Crippen LogP contribution is -2.30. The van der Waals surface area contributed by atoms with Crippen molar-refractivity contribution >= 4 is 21.9 Å². The Balaban J connectivity index is 3.07. The van der Waals surface area contributed by atoms with Crippen molar-refractivity contribution in [1.29, 1.82) is 0 Å². The molecular formula is C11H10BrF3O2. The number of halogens is 4. The Hall–Kier alpha value is -1.04. The Kier molecular flexibility index (Phi) is 4.56. The predicted octanol–water partition coefficient (Wildman–Crippen LogP) is 3.66. The summed E-state index contributed by atoms with van der Waals surface area (Å²) in [4.78, 5) is 11.3. The molecule has 0 aliphatic carbocycles. The first kappa shape index (κ1) is 14.0. The summed E-state index contributed by atoms with van der Waals surface area (Å²) in [5.41, 5.74) is -0.126. The maximum Gasteiger partial charge on any atom is 0.406 e. The summed E-state index contributed by atoms with van der Waals surface area (Å²) < 4.78 is 43.4. The molecule has 0 radical (unpaired) electrons. The lowest BCUT2D eigenvalue weighted by Gasteiger charge is -2.18. The van der Waals surface area contributed by atoms with Gasteiger partial charge in [0.15, 0.2) is 5.92 Å². The van der Waals surface area contributed by atoms with E-state index in [0.717, 1.165) is 0 Å². The van der Waals surface area contributed by atoms with E-state index in [0.29, 0.717) is 4.47 Å². The second kappa shape index (κ2) is 5.53. The largest absolute Gasteiger partial charge is 0.465 e. The third-order valence-electron chi connectivity index (χ3n) is 2.05. The fourth-order valence-electron chi connectivity index (χ4n) is 1.34. The standard InChI is InChI=1S/C11H10BrF3O2/c1-2-17-10(16)9(11(13,14)15)7-3-5-8(12)6-4-7/h3-6,9H,2H2,1H3. The molecule has 1 rings (SSSR count). The number of rotatable bonds is 3. The number of alkyl halides is 3. The van der Waals surface area contributed by atoms with Gasteiger partial charge in [0.1, 0.15) is 0 Å². The summed E-state index contributed by atoms with van der Waals surface area (Å²) in [6.07, 6.45) is -4.65. The van der Waals surface area contributed by atoms with E-state index in [1.807, 2.05) is 0 Å². The molecule has 1 atom stereocenters. The fourth-order valence-corrected chi connectivity index (χ4v) is 1.60. The van der Waals surface area contributed by atoms with Gasteiger partial charge in [0.2, 0.25) is 0 Å². The van der Waals surface area contributed by atoms with Gasteiger partial charge in [0.05, 0.1) is 6.61 Å². The first-order chi connectivity index (χ1) is 7.86. The van der Waals surface area contributed by atoms with Crippen molar-refractivity contribution in [3.8, 4) is 0 Å². The summed E-state index contributed by atoms with van der Waals surface area (Å²) in [7, 11) is 0. The summed E-state index contributed by atoms with van der Waals surface area (Å²) in [6, 6.07) is 5.40. The lowest BCUT2D eigenvalue weighted by atomic mass is 9.99. The molecule has 0 fully saturated rings. The molecule has 0 heterocycles. The Morgan fingerprint density at radius 2 is 1.88 bits per heavy atom. The van der Waals surface area contributed by atoms with Crippen LogP contribution in [0.5, 0.6) is 0 Å². The van der Waals surface area contributed by atoms with Crippen molar-refractivity contribution < 1.29 is 22.7 Å².